The maximum atomic E-state index is 12.4. The van der Waals surface area contributed by atoms with Gasteiger partial charge in [0.05, 0.1) is 4.90 Å². The first-order valence-electron chi connectivity index (χ1n) is 6.39. The lowest BCUT2D eigenvalue weighted by atomic mass is 10.3. The molecule has 0 spiro atoms. The van der Waals surface area contributed by atoms with Crippen molar-refractivity contribution in [3.63, 3.8) is 0 Å². The molecule has 0 atom stereocenters. The van der Waals surface area contributed by atoms with Crippen LogP contribution in [0.15, 0.2) is 53.7 Å². The molecule has 0 bridgehead atoms. The standard InChI is InChI=1S/C14H13F3N2O3S/c1-19(10-11-4-3-7-18-9-11)23(20,21)13-6-2-5-12(8-13)22-14(15,16)17/h2-9H,10H2,1H3. The van der Waals surface area contributed by atoms with Gasteiger partial charge in [-0.2, -0.15) is 4.31 Å². The molecule has 9 heteroatoms. The van der Waals surface area contributed by atoms with Gasteiger partial charge in [0.1, 0.15) is 5.75 Å². The van der Waals surface area contributed by atoms with Gasteiger partial charge in [-0.05, 0) is 23.8 Å². The van der Waals surface area contributed by atoms with Gasteiger partial charge in [0.15, 0.2) is 0 Å². The third-order valence-corrected chi connectivity index (χ3v) is 4.67. The predicted molar refractivity (Wildman–Crippen MR) is 76.0 cm³/mol. The van der Waals surface area contributed by atoms with Crippen molar-refractivity contribution in [3.8, 4) is 5.75 Å². The van der Waals surface area contributed by atoms with Gasteiger partial charge < -0.3 is 4.74 Å². The first-order valence-corrected chi connectivity index (χ1v) is 7.83. The molecule has 1 aromatic carbocycles. The number of alkyl halides is 3. The van der Waals surface area contributed by atoms with E-state index in [1.165, 1.54) is 25.4 Å². The summed E-state index contributed by atoms with van der Waals surface area (Å²) in [5.74, 6) is -0.589. The van der Waals surface area contributed by atoms with Gasteiger partial charge in [-0.25, -0.2) is 8.42 Å². The normalized spacial score (nSPS) is 12.4. The van der Waals surface area contributed by atoms with Crippen LogP contribution in [-0.4, -0.2) is 31.1 Å². The van der Waals surface area contributed by atoms with Gasteiger partial charge in [0.2, 0.25) is 10.0 Å². The fourth-order valence-electron chi connectivity index (χ4n) is 1.85. The molecule has 2 aromatic rings. The molecular formula is C14H13F3N2O3S. The number of nitrogens with zero attached hydrogens (tertiary/aromatic N) is 2. The van der Waals surface area contributed by atoms with Crippen LogP contribution < -0.4 is 4.74 Å². The van der Waals surface area contributed by atoms with Crippen molar-refractivity contribution in [2.45, 2.75) is 17.8 Å². The second kappa shape index (κ2) is 6.55. The van der Waals surface area contributed by atoms with Crippen LogP contribution in [0.3, 0.4) is 0 Å². The maximum absolute atomic E-state index is 12.4. The highest BCUT2D eigenvalue weighted by Crippen LogP contribution is 2.26. The molecular weight excluding hydrogens is 333 g/mol. The van der Waals surface area contributed by atoms with Crippen molar-refractivity contribution < 1.29 is 26.3 Å². The van der Waals surface area contributed by atoms with Crippen molar-refractivity contribution in [3.05, 3.63) is 54.4 Å². The highest BCUT2D eigenvalue weighted by Gasteiger charge is 2.31. The highest BCUT2D eigenvalue weighted by molar-refractivity contribution is 7.89. The smallest absolute Gasteiger partial charge is 0.406 e. The molecule has 1 aromatic heterocycles. The zero-order chi connectivity index (χ0) is 17.1. The van der Waals surface area contributed by atoms with Gasteiger partial charge in [-0.15, -0.1) is 13.2 Å². The highest BCUT2D eigenvalue weighted by atomic mass is 32.2. The lowest BCUT2D eigenvalue weighted by Crippen LogP contribution is -2.26. The molecule has 1 heterocycles. The third-order valence-electron chi connectivity index (χ3n) is 2.88. The van der Waals surface area contributed by atoms with Crippen LogP contribution in [0.5, 0.6) is 5.75 Å². The van der Waals surface area contributed by atoms with Gasteiger partial charge in [-0.1, -0.05) is 12.1 Å². The Kier molecular flexibility index (Phi) is 4.90. The van der Waals surface area contributed by atoms with E-state index in [1.54, 1.807) is 18.3 Å². The fourth-order valence-corrected chi connectivity index (χ4v) is 3.04. The minimum Gasteiger partial charge on any atom is -0.406 e. The largest absolute Gasteiger partial charge is 0.573 e. The van der Waals surface area contributed by atoms with Crippen LogP contribution in [0.1, 0.15) is 5.56 Å². The number of pyridine rings is 1. The summed E-state index contributed by atoms with van der Waals surface area (Å²) in [6.07, 6.45) is -1.82. The van der Waals surface area contributed by atoms with E-state index < -0.39 is 22.1 Å². The third kappa shape index (κ3) is 4.67. The van der Waals surface area contributed by atoms with Crippen LogP contribution in [0, 0.1) is 0 Å². The molecule has 0 saturated heterocycles. The number of ether oxygens (including phenoxy) is 1. The summed E-state index contributed by atoms with van der Waals surface area (Å²) in [5.41, 5.74) is 0.654. The Morgan fingerprint density at radius 1 is 1.22 bits per heavy atom. The summed E-state index contributed by atoms with van der Waals surface area (Å²) < 4.78 is 66.3. The molecule has 0 fully saturated rings. The van der Waals surface area contributed by atoms with Crippen molar-refractivity contribution >= 4 is 10.0 Å². The van der Waals surface area contributed by atoms with E-state index in [4.69, 9.17) is 0 Å². The first kappa shape index (κ1) is 17.2. The van der Waals surface area contributed by atoms with Gasteiger partial charge in [-0.3, -0.25) is 4.98 Å². The lowest BCUT2D eigenvalue weighted by molar-refractivity contribution is -0.274. The number of sulfonamides is 1. The Hall–Kier alpha value is -2.13. The maximum Gasteiger partial charge on any atom is 0.573 e. The second-order valence-corrected chi connectivity index (χ2v) is 6.69. The van der Waals surface area contributed by atoms with Gasteiger partial charge in [0.25, 0.3) is 0 Å². The number of rotatable bonds is 5. The van der Waals surface area contributed by atoms with Crippen LogP contribution in [-0.2, 0) is 16.6 Å². The molecule has 0 N–H and O–H groups in total. The Bertz CT molecular complexity index is 764. The van der Waals surface area contributed by atoms with E-state index in [0.29, 0.717) is 5.56 Å². The van der Waals surface area contributed by atoms with E-state index in [1.807, 2.05) is 0 Å². The Morgan fingerprint density at radius 3 is 2.57 bits per heavy atom. The summed E-state index contributed by atoms with van der Waals surface area (Å²) >= 11 is 0. The van der Waals surface area contributed by atoms with Crippen molar-refractivity contribution in [1.82, 2.24) is 9.29 Å². The molecule has 124 valence electrons. The number of halogens is 3. The van der Waals surface area contributed by atoms with Crippen molar-refractivity contribution in [2.24, 2.45) is 0 Å². The first-order chi connectivity index (χ1) is 10.7. The number of hydrogen-bond acceptors (Lipinski definition) is 4. The molecule has 0 aliphatic carbocycles. The van der Waals surface area contributed by atoms with Crippen molar-refractivity contribution in [1.29, 1.82) is 0 Å². The van der Waals surface area contributed by atoms with Crippen LogP contribution >= 0.6 is 0 Å². The summed E-state index contributed by atoms with van der Waals surface area (Å²) in [6, 6.07) is 7.62. The molecule has 0 saturated carbocycles. The molecule has 5 nitrogen and oxygen atoms in total. The number of hydrogen-bond donors (Lipinski definition) is 0. The molecule has 0 aliphatic rings. The molecule has 0 amide bonds. The Balaban J connectivity index is 2.23. The Labute approximate surface area is 131 Å². The van der Waals surface area contributed by atoms with E-state index in [0.717, 1.165) is 16.4 Å². The lowest BCUT2D eigenvalue weighted by Gasteiger charge is -2.18. The topological polar surface area (TPSA) is 59.5 Å². The SMILES string of the molecule is CN(Cc1cccnc1)S(=O)(=O)c1cccc(OC(F)(F)F)c1. The average Bonchev–Trinajstić information content (AvgIpc) is 2.46. The van der Waals surface area contributed by atoms with Gasteiger partial charge in [0, 0.05) is 32.1 Å². The zero-order valence-corrected chi connectivity index (χ0v) is 12.8. The zero-order valence-electron chi connectivity index (χ0n) is 12.0. The summed E-state index contributed by atoms with van der Waals surface area (Å²) in [4.78, 5) is 3.59. The molecule has 0 aliphatic heterocycles. The molecule has 0 radical (unpaired) electrons. The van der Waals surface area contributed by atoms with Crippen LogP contribution in [0.25, 0.3) is 0 Å². The molecule has 0 unspecified atom stereocenters. The van der Waals surface area contributed by atoms with E-state index >= 15 is 0 Å². The van der Waals surface area contributed by atoms with Crippen LogP contribution in [0.4, 0.5) is 13.2 Å². The summed E-state index contributed by atoms with van der Waals surface area (Å²) in [6.45, 7) is 0.0422. The summed E-state index contributed by atoms with van der Waals surface area (Å²) in [5, 5.41) is 0. The van der Waals surface area contributed by atoms with E-state index in [-0.39, 0.29) is 11.4 Å². The number of benzene rings is 1. The van der Waals surface area contributed by atoms with Crippen molar-refractivity contribution in [2.75, 3.05) is 7.05 Å². The minimum absolute atomic E-state index is 0.0422. The molecule has 2 rings (SSSR count). The fraction of sp³-hybridized carbons (Fsp3) is 0.214. The van der Waals surface area contributed by atoms with Gasteiger partial charge >= 0.3 is 6.36 Å². The second-order valence-electron chi connectivity index (χ2n) is 4.65. The van der Waals surface area contributed by atoms with Crippen LogP contribution in [0.2, 0.25) is 0 Å². The van der Waals surface area contributed by atoms with E-state index in [2.05, 4.69) is 9.72 Å². The monoisotopic (exact) mass is 346 g/mol. The predicted octanol–water partition coefficient (Wildman–Crippen LogP) is 2.80. The van der Waals surface area contributed by atoms with E-state index in [9.17, 15) is 21.6 Å². The summed E-state index contributed by atoms with van der Waals surface area (Å²) in [7, 11) is -2.62. The minimum atomic E-state index is -4.88. The Morgan fingerprint density at radius 2 is 1.96 bits per heavy atom. The number of aromatic nitrogens is 1. The quantitative estimate of drug-likeness (QED) is 0.835. The molecule has 23 heavy (non-hydrogen) atoms. The average molecular weight is 346 g/mol.